The van der Waals surface area contributed by atoms with Crippen LogP contribution in [0.15, 0.2) is 36.4 Å². The average molecular weight is 474 g/mol. The molecule has 0 unspecified atom stereocenters. The van der Waals surface area contributed by atoms with Crippen LogP contribution >= 0.6 is 22.9 Å². The van der Waals surface area contributed by atoms with Gasteiger partial charge in [0.2, 0.25) is 5.95 Å². The molecule has 32 heavy (non-hydrogen) atoms. The Balaban J connectivity index is 1.17. The number of pyridine rings is 1. The molecular formula is C19H17ClFN9OS. The molecule has 5 rings (SSSR count). The zero-order valence-corrected chi connectivity index (χ0v) is 18.2. The Labute approximate surface area is 191 Å². The van der Waals surface area contributed by atoms with E-state index in [2.05, 4.69) is 35.4 Å². The largest absolute Gasteiger partial charge is 0.483 e. The maximum absolute atomic E-state index is 14.4. The monoisotopic (exact) mass is 473 g/mol. The minimum atomic E-state index is -0.544. The smallest absolute Gasteiger partial charge is 0.225 e. The number of aromatic nitrogens is 8. The Bertz CT molecular complexity index is 1180. The number of hydrogen-bond acceptors (Lipinski definition) is 10. The van der Waals surface area contributed by atoms with Crippen LogP contribution in [0.1, 0.15) is 29.5 Å². The molecule has 0 bridgehead atoms. The van der Waals surface area contributed by atoms with Crippen molar-refractivity contribution in [3.8, 4) is 11.6 Å². The number of halogens is 2. The van der Waals surface area contributed by atoms with Crippen LogP contribution in [0.5, 0.6) is 5.75 Å². The number of thiazole rings is 1. The van der Waals surface area contributed by atoms with E-state index in [-0.39, 0.29) is 18.2 Å². The Morgan fingerprint density at radius 1 is 1.16 bits per heavy atom. The number of hydrogen-bond donors (Lipinski definition) is 0. The van der Waals surface area contributed by atoms with Gasteiger partial charge in [0.15, 0.2) is 17.4 Å². The standard InChI is InChI=1S/C19H17ClFN9OS/c20-13-6-23-19(24-7-13)29-3-1-12(2-4-29)18-26-14(10-32-18)9-31-16-8-22-17(5-15(16)21)30-11-25-27-28-30/h5-8,10-12H,1-4,9H2. The zero-order valence-electron chi connectivity index (χ0n) is 16.7. The van der Waals surface area contributed by atoms with Gasteiger partial charge in [-0.05, 0) is 23.3 Å². The maximum Gasteiger partial charge on any atom is 0.225 e. The Kier molecular flexibility index (Phi) is 5.86. The van der Waals surface area contributed by atoms with Crippen LogP contribution in [0.3, 0.4) is 0 Å². The third-order valence-corrected chi connectivity index (χ3v) is 6.32. The highest BCUT2D eigenvalue weighted by Gasteiger charge is 2.24. The fourth-order valence-electron chi connectivity index (χ4n) is 3.43. The molecule has 10 nitrogen and oxygen atoms in total. The summed E-state index contributed by atoms with van der Waals surface area (Å²) in [5.74, 6) is 0.839. The van der Waals surface area contributed by atoms with Crippen molar-refractivity contribution in [2.75, 3.05) is 18.0 Å². The van der Waals surface area contributed by atoms with E-state index in [0.29, 0.717) is 16.9 Å². The molecular weight excluding hydrogens is 457 g/mol. The lowest BCUT2D eigenvalue weighted by atomic mass is 9.98. The molecule has 1 aliphatic heterocycles. The summed E-state index contributed by atoms with van der Waals surface area (Å²) < 4.78 is 21.2. The van der Waals surface area contributed by atoms with Crippen molar-refractivity contribution < 1.29 is 9.13 Å². The molecule has 0 radical (unpaired) electrons. The summed E-state index contributed by atoms with van der Waals surface area (Å²) in [5, 5.41) is 14.2. The lowest BCUT2D eigenvalue weighted by Gasteiger charge is -2.31. The SMILES string of the molecule is Fc1cc(-n2cnnn2)ncc1OCc1csc(C2CCN(c3ncc(Cl)cn3)CC2)n1. The van der Waals surface area contributed by atoms with Gasteiger partial charge in [-0.2, -0.15) is 4.68 Å². The van der Waals surface area contributed by atoms with E-state index in [1.165, 1.54) is 23.3 Å². The number of tetrazole rings is 1. The Morgan fingerprint density at radius 3 is 2.69 bits per heavy atom. The van der Waals surface area contributed by atoms with Crippen molar-refractivity contribution in [1.29, 1.82) is 0 Å². The van der Waals surface area contributed by atoms with Crippen molar-refractivity contribution in [3.63, 3.8) is 0 Å². The van der Waals surface area contributed by atoms with Gasteiger partial charge in [-0.25, -0.2) is 24.3 Å². The molecule has 4 aromatic heterocycles. The quantitative estimate of drug-likeness (QED) is 0.417. The minimum Gasteiger partial charge on any atom is -0.483 e. The van der Waals surface area contributed by atoms with Crippen LogP contribution in [0.4, 0.5) is 10.3 Å². The Hall–Kier alpha value is -3.25. The van der Waals surface area contributed by atoms with Crippen molar-refractivity contribution in [1.82, 2.24) is 40.1 Å². The number of rotatable bonds is 6. The summed E-state index contributed by atoms with van der Waals surface area (Å²) in [6.07, 6.45) is 7.79. The van der Waals surface area contributed by atoms with Crippen molar-refractivity contribution in [2.45, 2.75) is 25.4 Å². The molecule has 0 aliphatic carbocycles. The first-order valence-electron chi connectivity index (χ1n) is 9.84. The first-order chi connectivity index (χ1) is 15.7. The van der Waals surface area contributed by atoms with E-state index in [9.17, 15) is 4.39 Å². The molecule has 0 saturated carbocycles. The number of piperidine rings is 1. The molecule has 4 aromatic rings. The molecule has 0 N–H and O–H groups in total. The molecule has 0 spiro atoms. The van der Waals surface area contributed by atoms with Gasteiger partial charge in [0.05, 0.1) is 34.3 Å². The lowest BCUT2D eigenvalue weighted by Crippen LogP contribution is -2.34. The number of nitrogens with zero attached hydrogens (tertiary/aromatic N) is 9. The molecule has 164 valence electrons. The van der Waals surface area contributed by atoms with Gasteiger partial charge in [-0.15, -0.1) is 16.4 Å². The van der Waals surface area contributed by atoms with E-state index in [1.54, 1.807) is 23.7 Å². The van der Waals surface area contributed by atoms with Crippen LogP contribution in [0, 0.1) is 5.82 Å². The van der Waals surface area contributed by atoms with E-state index in [0.717, 1.165) is 36.6 Å². The van der Waals surface area contributed by atoms with Gasteiger partial charge in [0, 0.05) is 30.5 Å². The topological polar surface area (TPSA) is 108 Å². The third-order valence-electron chi connectivity index (χ3n) is 5.07. The van der Waals surface area contributed by atoms with E-state index in [4.69, 9.17) is 21.3 Å². The summed E-state index contributed by atoms with van der Waals surface area (Å²) in [6, 6.07) is 1.22. The van der Waals surface area contributed by atoms with Crippen LogP contribution in [-0.4, -0.2) is 53.2 Å². The second-order valence-electron chi connectivity index (χ2n) is 7.16. The summed E-state index contributed by atoms with van der Waals surface area (Å²) in [6.45, 7) is 1.86. The molecule has 1 saturated heterocycles. The Morgan fingerprint density at radius 2 is 1.97 bits per heavy atom. The normalized spacial score (nSPS) is 14.6. The van der Waals surface area contributed by atoms with Gasteiger partial charge >= 0.3 is 0 Å². The molecule has 1 aliphatic rings. The molecule has 13 heteroatoms. The lowest BCUT2D eigenvalue weighted by molar-refractivity contribution is 0.284. The predicted octanol–water partition coefficient (Wildman–Crippen LogP) is 3.06. The van der Waals surface area contributed by atoms with Crippen LogP contribution in [0.25, 0.3) is 5.82 Å². The fraction of sp³-hybridized carbons (Fsp3) is 0.316. The summed E-state index contributed by atoms with van der Waals surface area (Å²) in [4.78, 5) is 19.6. The van der Waals surface area contributed by atoms with Crippen molar-refractivity contribution in [2.24, 2.45) is 0 Å². The molecule has 0 aromatic carbocycles. The second kappa shape index (κ2) is 9.09. The summed E-state index contributed by atoms with van der Waals surface area (Å²) >= 11 is 7.47. The molecule has 1 fully saturated rings. The molecule has 0 amide bonds. The fourth-order valence-corrected chi connectivity index (χ4v) is 4.50. The van der Waals surface area contributed by atoms with Crippen molar-refractivity contribution in [3.05, 3.63) is 57.9 Å². The summed E-state index contributed by atoms with van der Waals surface area (Å²) in [5.41, 5.74) is 0.761. The van der Waals surface area contributed by atoms with E-state index in [1.807, 2.05) is 5.38 Å². The first-order valence-corrected chi connectivity index (χ1v) is 11.1. The van der Waals surface area contributed by atoms with Gasteiger partial charge in [0.25, 0.3) is 0 Å². The van der Waals surface area contributed by atoms with Gasteiger partial charge in [-0.1, -0.05) is 11.6 Å². The van der Waals surface area contributed by atoms with E-state index < -0.39 is 5.82 Å². The second-order valence-corrected chi connectivity index (χ2v) is 8.48. The van der Waals surface area contributed by atoms with Crippen molar-refractivity contribution >= 4 is 28.9 Å². The predicted molar refractivity (Wildman–Crippen MR) is 115 cm³/mol. The van der Waals surface area contributed by atoms with E-state index >= 15 is 0 Å². The van der Waals surface area contributed by atoms with Gasteiger partial charge in [0.1, 0.15) is 12.9 Å². The van der Waals surface area contributed by atoms with Crippen LogP contribution in [0.2, 0.25) is 5.02 Å². The third kappa shape index (κ3) is 4.50. The maximum atomic E-state index is 14.4. The number of anilines is 1. The molecule has 0 atom stereocenters. The number of ether oxygens (including phenoxy) is 1. The van der Waals surface area contributed by atoms with Gasteiger partial charge in [-0.3, -0.25) is 0 Å². The zero-order chi connectivity index (χ0) is 21.9. The molecule has 5 heterocycles. The highest BCUT2D eigenvalue weighted by molar-refractivity contribution is 7.09. The van der Waals surface area contributed by atoms with Gasteiger partial charge < -0.3 is 9.64 Å². The first kappa shape index (κ1) is 20.6. The summed E-state index contributed by atoms with van der Waals surface area (Å²) in [7, 11) is 0. The minimum absolute atomic E-state index is 0.0487. The highest BCUT2D eigenvalue weighted by Crippen LogP contribution is 2.31. The van der Waals surface area contributed by atoms with Crippen LogP contribution < -0.4 is 9.64 Å². The van der Waals surface area contributed by atoms with Crippen LogP contribution in [-0.2, 0) is 6.61 Å². The highest BCUT2D eigenvalue weighted by atomic mass is 35.5. The average Bonchev–Trinajstić information content (AvgIpc) is 3.52.